The molecule has 0 bridgehead atoms. The third-order valence-corrected chi connectivity index (χ3v) is 10.0. The molecule has 2 nitrogen and oxygen atoms in total. The third-order valence-electron chi connectivity index (χ3n) is 10.0. The van der Waals surface area contributed by atoms with Crippen molar-refractivity contribution in [2.24, 2.45) is 0 Å². The molecule has 0 aliphatic rings. The lowest BCUT2D eigenvalue weighted by atomic mass is 9.95. The average Bonchev–Trinajstić information content (AvgIpc) is 3.56. The summed E-state index contributed by atoms with van der Waals surface area (Å²) in [4.78, 5) is 2.40. The average molecular weight is 638 g/mol. The molecule has 0 amide bonds. The van der Waals surface area contributed by atoms with E-state index in [9.17, 15) is 0 Å². The molecule has 0 aliphatic heterocycles. The van der Waals surface area contributed by atoms with Gasteiger partial charge in [0, 0.05) is 27.5 Å². The Morgan fingerprint density at radius 3 is 1.80 bits per heavy atom. The lowest BCUT2D eigenvalue weighted by Gasteiger charge is -2.28. The fraction of sp³-hybridized carbons (Fsp3) is 0. The summed E-state index contributed by atoms with van der Waals surface area (Å²) in [5.41, 5.74) is 9.92. The van der Waals surface area contributed by atoms with Gasteiger partial charge in [0.15, 0.2) is 0 Å². The molecule has 10 rings (SSSR count). The Balaban J connectivity index is 1.14. The largest absolute Gasteiger partial charge is 0.456 e. The minimum Gasteiger partial charge on any atom is -0.456 e. The Kier molecular flexibility index (Phi) is 6.53. The van der Waals surface area contributed by atoms with Crippen LogP contribution < -0.4 is 4.90 Å². The minimum absolute atomic E-state index is 0.889. The number of fused-ring (bicyclic) bond motifs is 7. The molecule has 1 heterocycles. The molecule has 2 heteroatoms. The van der Waals surface area contributed by atoms with Gasteiger partial charge in [0.25, 0.3) is 0 Å². The van der Waals surface area contributed by atoms with Gasteiger partial charge in [-0.1, -0.05) is 140 Å². The lowest BCUT2D eigenvalue weighted by molar-refractivity contribution is 0.669. The highest BCUT2D eigenvalue weighted by Gasteiger charge is 2.19. The molecular weight excluding hydrogens is 607 g/mol. The van der Waals surface area contributed by atoms with E-state index >= 15 is 0 Å². The summed E-state index contributed by atoms with van der Waals surface area (Å²) in [6.45, 7) is 0. The van der Waals surface area contributed by atoms with Gasteiger partial charge < -0.3 is 9.32 Å². The van der Waals surface area contributed by atoms with Crippen molar-refractivity contribution in [2.75, 3.05) is 4.90 Å². The fourth-order valence-corrected chi connectivity index (χ4v) is 7.65. The fourth-order valence-electron chi connectivity index (χ4n) is 7.65. The summed E-state index contributed by atoms with van der Waals surface area (Å²) in [6.07, 6.45) is 0. The van der Waals surface area contributed by atoms with E-state index in [1.807, 2.05) is 12.1 Å². The molecule has 50 heavy (non-hydrogen) atoms. The van der Waals surface area contributed by atoms with E-state index in [0.29, 0.717) is 0 Å². The van der Waals surface area contributed by atoms with Crippen LogP contribution in [0, 0.1) is 0 Å². The first kappa shape index (κ1) is 28.4. The Morgan fingerprint density at radius 1 is 0.320 bits per heavy atom. The first-order valence-electron chi connectivity index (χ1n) is 17.1. The van der Waals surface area contributed by atoms with E-state index in [2.05, 4.69) is 181 Å². The molecule has 0 atom stereocenters. The summed E-state index contributed by atoms with van der Waals surface area (Å²) in [5, 5.41) is 9.65. The molecule has 9 aromatic carbocycles. The lowest BCUT2D eigenvalue weighted by Crippen LogP contribution is -2.10. The zero-order valence-corrected chi connectivity index (χ0v) is 27.3. The van der Waals surface area contributed by atoms with Crippen molar-refractivity contribution in [2.45, 2.75) is 0 Å². The third kappa shape index (κ3) is 4.65. The molecule has 0 unspecified atom stereocenters. The van der Waals surface area contributed by atoms with Crippen LogP contribution in [0.5, 0.6) is 0 Å². The number of furan rings is 1. The molecule has 0 N–H and O–H groups in total. The zero-order chi connectivity index (χ0) is 33.0. The Labute approximate surface area is 290 Å². The number of benzene rings is 9. The molecule has 10 aromatic rings. The second-order valence-corrected chi connectivity index (χ2v) is 12.9. The molecule has 234 valence electrons. The highest BCUT2D eigenvalue weighted by molar-refractivity contribution is 6.15. The summed E-state index contributed by atoms with van der Waals surface area (Å²) in [5.74, 6) is 0. The van der Waals surface area contributed by atoms with Crippen molar-refractivity contribution in [3.8, 4) is 22.3 Å². The monoisotopic (exact) mass is 637 g/mol. The second-order valence-electron chi connectivity index (χ2n) is 12.9. The molecule has 0 spiro atoms. The number of hydrogen-bond acceptors (Lipinski definition) is 2. The van der Waals surface area contributed by atoms with Crippen LogP contribution in [0.15, 0.2) is 192 Å². The van der Waals surface area contributed by atoms with Gasteiger partial charge in [0.2, 0.25) is 0 Å². The Morgan fingerprint density at radius 2 is 0.940 bits per heavy atom. The van der Waals surface area contributed by atoms with Gasteiger partial charge in [-0.3, -0.25) is 0 Å². The van der Waals surface area contributed by atoms with Gasteiger partial charge in [0.1, 0.15) is 11.2 Å². The molecule has 0 aliphatic carbocycles. The number of nitrogens with zero attached hydrogens (tertiary/aromatic N) is 1. The standard InChI is InChI=1S/C48H31NO/c1-3-16-39-33(11-1)13-10-21-40(39)35-15-9-14-34(29-35)32-23-25-37(26-24-32)49(38-27-28-48-45(31-38)44-20-7-8-22-47(44)50-48)46-30-36-12-2-4-17-41(36)42-18-5-6-19-43(42)46/h1-31H. The Bertz CT molecular complexity index is 2870. The quantitative estimate of drug-likeness (QED) is 0.175. The summed E-state index contributed by atoms with van der Waals surface area (Å²) < 4.78 is 6.24. The molecule has 1 aromatic heterocycles. The number of hydrogen-bond donors (Lipinski definition) is 0. The van der Waals surface area contributed by atoms with Crippen molar-refractivity contribution >= 4 is 71.3 Å². The summed E-state index contributed by atoms with van der Waals surface area (Å²) in [6, 6.07) is 67.6. The van der Waals surface area contributed by atoms with E-state index in [0.717, 1.165) is 39.0 Å². The van der Waals surface area contributed by atoms with Crippen molar-refractivity contribution in [3.63, 3.8) is 0 Å². The van der Waals surface area contributed by atoms with Crippen LogP contribution in [0.2, 0.25) is 0 Å². The Hall–Kier alpha value is -6.64. The maximum absolute atomic E-state index is 6.24. The predicted molar refractivity (Wildman–Crippen MR) is 212 cm³/mol. The first-order chi connectivity index (χ1) is 24.8. The molecule has 0 radical (unpaired) electrons. The second kappa shape index (κ2) is 11.5. The topological polar surface area (TPSA) is 16.4 Å². The zero-order valence-electron chi connectivity index (χ0n) is 27.3. The number of anilines is 3. The van der Waals surface area contributed by atoms with E-state index in [-0.39, 0.29) is 0 Å². The van der Waals surface area contributed by atoms with E-state index in [1.165, 1.54) is 54.6 Å². The number of rotatable bonds is 5. The van der Waals surface area contributed by atoms with Crippen LogP contribution in [0.1, 0.15) is 0 Å². The van der Waals surface area contributed by atoms with Gasteiger partial charge in [-0.05, 0) is 97.7 Å². The van der Waals surface area contributed by atoms with E-state index in [1.54, 1.807) is 0 Å². The van der Waals surface area contributed by atoms with E-state index < -0.39 is 0 Å². The van der Waals surface area contributed by atoms with Crippen molar-refractivity contribution in [1.29, 1.82) is 0 Å². The maximum atomic E-state index is 6.24. The highest BCUT2D eigenvalue weighted by Crippen LogP contribution is 2.44. The van der Waals surface area contributed by atoms with Crippen molar-refractivity contribution in [3.05, 3.63) is 188 Å². The van der Waals surface area contributed by atoms with Crippen LogP contribution >= 0.6 is 0 Å². The highest BCUT2D eigenvalue weighted by atomic mass is 16.3. The van der Waals surface area contributed by atoms with Crippen LogP contribution in [0.3, 0.4) is 0 Å². The van der Waals surface area contributed by atoms with Gasteiger partial charge in [-0.2, -0.15) is 0 Å². The molecule has 0 saturated carbocycles. The summed E-state index contributed by atoms with van der Waals surface area (Å²) in [7, 11) is 0. The van der Waals surface area contributed by atoms with Crippen molar-refractivity contribution in [1.82, 2.24) is 0 Å². The normalized spacial score (nSPS) is 11.6. The van der Waals surface area contributed by atoms with Crippen LogP contribution in [-0.4, -0.2) is 0 Å². The predicted octanol–water partition coefficient (Wildman–Crippen LogP) is 13.8. The summed E-state index contributed by atoms with van der Waals surface area (Å²) >= 11 is 0. The molecule has 0 fully saturated rings. The number of para-hydroxylation sites is 1. The molecule has 0 saturated heterocycles. The van der Waals surface area contributed by atoms with Crippen LogP contribution in [0.4, 0.5) is 17.1 Å². The van der Waals surface area contributed by atoms with Gasteiger partial charge >= 0.3 is 0 Å². The van der Waals surface area contributed by atoms with Crippen LogP contribution in [0.25, 0.3) is 76.5 Å². The molecular formula is C48H31NO. The first-order valence-corrected chi connectivity index (χ1v) is 17.1. The van der Waals surface area contributed by atoms with Gasteiger partial charge in [0.05, 0.1) is 5.69 Å². The minimum atomic E-state index is 0.889. The van der Waals surface area contributed by atoms with Gasteiger partial charge in [-0.25, -0.2) is 0 Å². The smallest absolute Gasteiger partial charge is 0.135 e. The van der Waals surface area contributed by atoms with Crippen molar-refractivity contribution < 1.29 is 4.42 Å². The van der Waals surface area contributed by atoms with Gasteiger partial charge in [-0.15, -0.1) is 0 Å². The maximum Gasteiger partial charge on any atom is 0.135 e. The van der Waals surface area contributed by atoms with Crippen LogP contribution in [-0.2, 0) is 0 Å². The van der Waals surface area contributed by atoms with E-state index in [4.69, 9.17) is 4.42 Å². The SMILES string of the molecule is c1cc(-c2ccc(N(c3ccc4oc5ccccc5c4c3)c3cc4ccccc4c4ccccc34)cc2)cc(-c2cccc3ccccc23)c1.